The Bertz CT molecular complexity index is 1060. The molecule has 1 unspecified atom stereocenters. The van der Waals surface area contributed by atoms with Crippen molar-refractivity contribution in [3.8, 4) is 0 Å². The first-order valence-corrected chi connectivity index (χ1v) is 11.5. The number of hydrogen-bond acceptors (Lipinski definition) is 6. The Labute approximate surface area is 197 Å². The zero-order valence-corrected chi connectivity index (χ0v) is 19.0. The van der Waals surface area contributed by atoms with Crippen LogP contribution in [0.1, 0.15) is 31.7 Å². The minimum Gasteiger partial charge on any atom is -0.461 e. The second kappa shape index (κ2) is 10.7. The number of nitrogens with one attached hydrogen (secondary N) is 1. The molecule has 0 aliphatic carbocycles. The fourth-order valence-corrected chi connectivity index (χ4v) is 4.30. The van der Waals surface area contributed by atoms with Crippen LogP contribution < -0.4 is 10.3 Å². The van der Waals surface area contributed by atoms with Crippen LogP contribution in [0.15, 0.2) is 53.6 Å². The molecule has 2 heterocycles. The Balaban J connectivity index is 1.35. The number of esters is 1. The maximum Gasteiger partial charge on any atom is 0.354 e. The van der Waals surface area contributed by atoms with Crippen LogP contribution in [0.5, 0.6) is 0 Å². The van der Waals surface area contributed by atoms with Crippen LogP contribution in [0.25, 0.3) is 0 Å². The van der Waals surface area contributed by atoms with Gasteiger partial charge in [-0.15, -0.1) is 0 Å². The molecule has 2 aromatic rings. The van der Waals surface area contributed by atoms with E-state index in [1.165, 1.54) is 6.07 Å². The third-order valence-corrected chi connectivity index (χ3v) is 6.07. The molecule has 1 N–H and O–H groups in total. The number of ether oxygens (including phenoxy) is 1. The predicted molar refractivity (Wildman–Crippen MR) is 124 cm³/mol. The van der Waals surface area contributed by atoms with Gasteiger partial charge in [-0.1, -0.05) is 24.3 Å². The van der Waals surface area contributed by atoms with Crippen molar-refractivity contribution in [3.05, 3.63) is 65.7 Å². The number of halogens is 2. The van der Waals surface area contributed by atoms with Crippen LogP contribution >= 0.6 is 0 Å². The van der Waals surface area contributed by atoms with Crippen molar-refractivity contribution in [2.24, 2.45) is 5.10 Å². The maximum absolute atomic E-state index is 13.5. The third kappa shape index (κ3) is 5.59. The predicted octanol–water partition coefficient (Wildman–Crippen LogP) is 3.24. The number of carbonyl (C=O) groups excluding carboxylic acids is 2. The highest BCUT2D eigenvalue weighted by Crippen LogP contribution is 2.25. The highest BCUT2D eigenvalue weighted by atomic mass is 19.2. The second-order valence-electron chi connectivity index (χ2n) is 8.47. The Morgan fingerprint density at radius 2 is 1.82 bits per heavy atom. The van der Waals surface area contributed by atoms with Crippen LogP contribution in [0, 0.1) is 11.6 Å². The van der Waals surface area contributed by atoms with Gasteiger partial charge in [-0.05, 0) is 49.6 Å². The second-order valence-corrected chi connectivity index (χ2v) is 8.47. The molecule has 4 rings (SSSR count). The molecular formula is C25H28F2N4O3. The molecule has 7 nitrogen and oxygen atoms in total. The van der Waals surface area contributed by atoms with Gasteiger partial charge in [0.15, 0.2) is 11.6 Å². The highest BCUT2D eigenvalue weighted by molar-refractivity contribution is 6.38. The summed E-state index contributed by atoms with van der Waals surface area (Å²) in [5.74, 6) is -2.39. The van der Waals surface area contributed by atoms with E-state index in [4.69, 9.17) is 4.74 Å². The van der Waals surface area contributed by atoms with E-state index in [0.717, 1.165) is 43.2 Å². The van der Waals surface area contributed by atoms with E-state index in [0.29, 0.717) is 6.54 Å². The van der Waals surface area contributed by atoms with Crippen LogP contribution in [-0.4, -0.2) is 54.3 Å². The fraction of sp³-hybridized carbons (Fsp3) is 0.400. The van der Waals surface area contributed by atoms with Gasteiger partial charge in [0, 0.05) is 32.1 Å². The van der Waals surface area contributed by atoms with Crippen LogP contribution in [0.4, 0.5) is 14.5 Å². The lowest BCUT2D eigenvalue weighted by molar-refractivity contribution is -0.135. The van der Waals surface area contributed by atoms with E-state index in [1.54, 1.807) is 18.0 Å². The van der Waals surface area contributed by atoms with Crippen LogP contribution in [-0.2, 0) is 20.9 Å². The first-order chi connectivity index (χ1) is 16.4. The SMILES string of the molecule is CCOC(=O)C1=NN(c2ccccc2)C(C(=O)NC2CCN(Cc3ccc(F)c(F)c3)CC2)C1. The molecule has 1 amide bonds. The molecule has 9 heteroatoms. The number of amides is 1. The van der Waals surface area contributed by atoms with Gasteiger partial charge in [-0.3, -0.25) is 14.7 Å². The largest absolute Gasteiger partial charge is 0.461 e. The standard InChI is InChI=1S/C25H28F2N4O3/c1-2-34-25(33)22-15-23(31(29-22)19-6-4-3-5-7-19)24(32)28-18-10-12-30(13-11-18)16-17-8-9-20(26)21(27)14-17/h3-9,14,18,23H,2,10-13,15-16H2,1H3,(H,28,32). The average molecular weight is 471 g/mol. The number of hydrazone groups is 1. The molecule has 34 heavy (non-hydrogen) atoms. The summed E-state index contributed by atoms with van der Waals surface area (Å²) in [6, 6.07) is 12.6. The lowest BCUT2D eigenvalue weighted by Gasteiger charge is -2.33. The molecule has 0 aromatic heterocycles. The third-order valence-electron chi connectivity index (χ3n) is 6.07. The molecule has 2 aliphatic rings. The van der Waals surface area contributed by atoms with Gasteiger partial charge in [0.05, 0.1) is 12.3 Å². The van der Waals surface area contributed by atoms with Gasteiger partial charge in [-0.25, -0.2) is 13.6 Å². The monoisotopic (exact) mass is 470 g/mol. The van der Waals surface area contributed by atoms with E-state index in [9.17, 15) is 18.4 Å². The minimum absolute atomic E-state index is 0.0158. The van der Waals surface area contributed by atoms with E-state index in [1.807, 2.05) is 30.3 Å². The maximum atomic E-state index is 13.5. The number of benzene rings is 2. The molecule has 1 saturated heterocycles. The van der Waals surface area contributed by atoms with Gasteiger partial charge in [0.2, 0.25) is 5.91 Å². The first-order valence-electron chi connectivity index (χ1n) is 11.5. The summed E-state index contributed by atoms with van der Waals surface area (Å²) >= 11 is 0. The number of para-hydroxylation sites is 1. The van der Waals surface area contributed by atoms with Gasteiger partial charge < -0.3 is 10.1 Å². The number of piperidine rings is 1. The van der Waals surface area contributed by atoms with Crippen molar-refractivity contribution in [3.63, 3.8) is 0 Å². The van der Waals surface area contributed by atoms with Crippen molar-refractivity contribution in [1.82, 2.24) is 10.2 Å². The average Bonchev–Trinajstić information content (AvgIpc) is 3.29. The number of rotatable bonds is 7. The van der Waals surface area contributed by atoms with Crippen molar-refractivity contribution in [2.45, 2.75) is 44.8 Å². The summed E-state index contributed by atoms with van der Waals surface area (Å²) in [5, 5.41) is 9.09. The molecule has 0 bridgehead atoms. The van der Waals surface area contributed by atoms with E-state index >= 15 is 0 Å². The Hall–Kier alpha value is -3.33. The fourth-order valence-electron chi connectivity index (χ4n) is 4.30. The molecule has 1 atom stereocenters. The minimum atomic E-state index is -0.850. The van der Waals surface area contributed by atoms with Gasteiger partial charge >= 0.3 is 5.97 Å². The number of anilines is 1. The number of hydrogen-bond donors (Lipinski definition) is 1. The van der Waals surface area contributed by atoms with Crippen molar-refractivity contribution < 1.29 is 23.1 Å². The van der Waals surface area contributed by atoms with Crippen molar-refractivity contribution in [2.75, 3.05) is 24.7 Å². The summed E-state index contributed by atoms with van der Waals surface area (Å²) in [7, 11) is 0. The van der Waals surface area contributed by atoms with E-state index in [-0.39, 0.29) is 30.7 Å². The quantitative estimate of drug-likeness (QED) is 0.629. The summed E-state index contributed by atoms with van der Waals surface area (Å²) in [6.07, 6.45) is 1.65. The van der Waals surface area contributed by atoms with Crippen LogP contribution in [0.2, 0.25) is 0 Å². The van der Waals surface area contributed by atoms with Crippen molar-refractivity contribution in [1.29, 1.82) is 0 Å². The van der Waals surface area contributed by atoms with Crippen molar-refractivity contribution >= 4 is 23.3 Å². The molecular weight excluding hydrogens is 442 g/mol. The first kappa shape index (κ1) is 23.8. The van der Waals surface area contributed by atoms with Gasteiger partial charge in [0.1, 0.15) is 11.8 Å². The summed E-state index contributed by atoms with van der Waals surface area (Å²) in [5.41, 5.74) is 1.67. The molecule has 2 aliphatic heterocycles. The smallest absolute Gasteiger partial charge is 0.354 e. The lowest BCUT2D eigenvalue weighted by Crippen LogP contribution is -2.50. The van der Waals surface area contributed by atoms with E-state index in [2.05, 4.69) is 15.3 Å². The molecule has 1 fully saturated rings. The van der Waals surface area contributed by atoms with Gasteiger partial charge in [-0.2, -0.15) is 5.10 Å². The Morgan fingerprint density at radius 1 is 1.09 bits per heavy atom. The molecule has 0 saturated carbocycles. The zero-order valence-electron chi connectivity index (χ0n) is 19.0. The topological polar surface area (TPSA) is 74.2 Å². The normalized spacial score (nSPS) is 19.1. The number of likely N-dealkylation sites (tertiary alicyclic amines) is 1. The Morgan fingerprint density at radius 3 is 2.50 bits per heavy atom. The van der Waals surface area contributed by atoms with E-state index < -0.39 is 23.6 Å². The summed E-state index contributed by atoms with van der Waals surface area (Å²) in [4.78, 5) is 27.6. The zero-order chi connectivity index (χ0) is 24.1. The molecule has 0 spiro atoms. The molecule has 180 valence electrons. The number of carbonyl (C=O) groups is 2. The number of nitrogens with zero attached hydrogens (tertiary/aromatic N) is 3. The molecule has 2 aromatic carbocycles. The van der Waals surface area contributed by atoms with Gasteiger partial charge in [0.25, 0.3) is 0 Å². The summed E-state index contributed by atoms with van der Waals surface area (Å²) in [6.45, 7) is 3.94. The Kier molecular flexibility index (Phi) is 7.52. The summed E-state index contributed by atoms with van der Waals surface area (Å²) < 4.78 is 31.7. The molecule has 0 radical (unpaired) electrons. The highest BCUT2D eigenvalue weighted by Gasteiger charge is 2.37. The lowest BCUT2D eigenvalue weighted by atomic mass is 10.0. The van der Waals surface area contributed by atoms with Crippen LogP contribution in [0.3, 0.4) is 0 Å².